The summed E-state index contributed by atoms with van der Waals surface area (Å²) < 4.78 is 2.19. The molecule has 1 unspecified atom stereocenters. The monoisotopic (exact) mass is 222 g/mol. The first kappa shape index (κ1) is 11.6. The van der Waals surface area contributed by atoms with Crippen LogP contribution in [0.4, 0.5) is 0 Å². The molecular formula is C12H22N4. The summed E-state index contributed by atoms with van der Waals surface area (Å²) in [6, 6.07) is 0.343. The largest absolute Gasteiger partial charge is 0.316 e. The predicted octanol–water partition coefficient (Wildman–Crippen LogP) is 2.14. The molecule has 0 aliphatic carbocycles. The van der Waals surface area contributed by atoms with Crippen LogP contribution in [0.3, 0.4) is 0 Å². The molecule has 0 radical (unpaired) electrons. The number of rotatable bonds is 3. The first-order valence-corrected chi connectivity index (χ1v) is 6.26. The van der Waals surface area contributed by atoms with Crippen LogP contribution in [0.25, 0.3) is 0 Å². The Bertz CT molecular complexity index is 343. The second-order valence-corrected chi connectivity index (χ2v) is 5.36. The van der Waals surface area contributed by atoms with Crippen molar-refractivity contribution in [2.45, 2.75) is 52.6 Å². The SMILES string of the molecule is CCCn1cnnc1C1NCCCC1(C)C. The maximum Gasteiger partial charge on any atom is 0.150 e. The summed E-state index contributed by atoms with van der Waals surface area (Å²) in [5, 5.41) is 11.9. The summed E-state index contributed by atoms with van der Waals surface area (Å²) >= 11 is 0. The molecule has 90 valence electrons. The number of hydrogen-bond donors (Lipinski definition) is 1. The van der Waals surface area contributed by atoms with E-state index in [2.05, 4.69) is 40.9 Å². The van der Waals surface area contributed by atoms with Crippen molar-refractivity contribution in [1.82, 2.24) is 20.1 Å². The van der Waals surface area contributed by atoms with Crippen molar-refractivity contribution in [2.24, 2.45) is 5.41 Å². The Morgan fingerprint density at radius 2 is 2.38 bits per heavy atom. The fourth-order valence-corrected chi connectivity index (χ4v) is 2.55. The topological polar surface area (TPSA) is 42.7 Å². The van der Waals surface area contributed by atoms with Crippen molar-refractivity contribution in [1.29, 1.82) is 0 Å². The zero-order chi connectivity index (χ0) is 11.6. The van der Waals surface area contributed by atoms with Gasteiger partial charge in [-0.3, -0.25) is 0 Å². The van der Waals surface area contributed by atoms with Crippen LogP contribution in [0.2, 0.25) is 0 Å². The van der Waals surface area contributed by atoms with Crippen LogP contribution in [0.15, 0.2) is 6.33 Å². The average Bonchev–Trinajstić information content (AvgIpc) is 2.66. The Balaban J connectivity index is 2.24. The van der Waals surface area contributed by atoms with E-state index in [0.29, 0.717) is 6.04 Å². The number of aromatic nitrogens is 3. The molecule has 1 N–H and O–H groups in total. The zero-order valence-electron chi connectivity index (χ0n) is 10.5. The third kappa shape index (κ3) is 2.12. The van der Waals surface area contributed by atoms with Crippen molar-refractivity contribution in [3.63, 3.8) is 0 Å². The van der Waals surface area contributed by atoms with Gasteiger partial charge < -0.3 is 9.88 Å². The van der Waals surface area contributed by atoms with E-state index in [9.17, 15) is 0 Å². The standard InChI is InChI=1S/C12H22N4/c1-4-8-16-9-14-15-11(16)10-12(2,3)6-5-7-13-10/h9-10,13H,4-8H2,1-3H3. The molecule has 4 heteroatoms. The quantitative estimate of drug-likeness (QED) is 0.852. The highest BCUT2D eigenvalue weighted by atomic mass is 15.3. The molecule has 1 aromatic heterocycles. The van der Waals surface area contributed by atoms with Gasteiger partial charge in [0.05, 0.1) is 6.04 Å². The second kappa shape index (κ2) is 4.53. The van der Waals surface area contributed by atoms with E-state index in [0.717, 1.165) is 25.3 Å². The summed E-state index contributed by atoms with van der Waals surface area (Å²) in [5.41, 5.74) is 0.275. The highest BCUT2D eigenvalue weighted by molar-refractivity contribution is 5.03. The molecule has 0 amide bonds. The van der Waals surface area contributed by atoms with Crippen molar-refractivity contribution in [2.75, 3.05) is 6.54 Å². The van der Waals surface area contributed by atoms with Crippen molar-refractivity contribution >= 4 is 0 Å². The van der Waals surface area contributed by atoms with E-state index in [-0.39, 0.29) is 5.41 Å². The van der Waals surface area contributed by atoms with Crippen LogP contribution in [-0.2, 0) is 6.54 Å². The number of nitrogens with zero attached hydrogens (tertiary/aromatic N) is 3. The van der Waals surface area contributed by atoms with E-state index in [1.165, 1.54) is 12.8 Å². The first-order chi connectivity index (χ1) is 7.65. The minimum Gasteiger partial charge on any atom is -0.316 e. The van der Waals surface area contributed by atoms with Crippen LogP contribution in [-0.4, -0.2) is 21.3 Å². The van der Waals surface area contributed by atoms with Gasteiger partial charge in [0.15, 0.2) is 5.82 Å². The molecular weight excluding hydrogens is 200 g/mol. The Kier molecular flexibility index (Phi) is 3.28. The van der Waals surface area contributed by atoms with Crippen molar-refractivity contribution in [3.05, 3.63) is 12.2 Å². The van der Waals surface area contributed by atoms with Gasteiger partial charge in [-0.15, -0.1) is 10.2 Å². The number of hydrogen-bond acceptors (Lipinski definition) is 3. The van der Waals surface area contributed by atoms with Crippen LogP contribution in [0.5, 0.6) is 0 Å². The van der Waals surface area contributed by atoms with Crippen LogP contribution < -0.4 is 5.32 Å². The van der Waals surface area contributed by atoms with Gasteiger partial charge in [-0.2, -0.15) is 0 Å². The van der Waals surface area contributed by atoms with Gasteiger partial charge >= 0.3 is 0 Å². The zero-order valence-corrected chi connectivity index (χ0v) is 10.5. The average molecular weight is 222 g/mol. The molecule has 2 rings (SSSR count). The molecule has 0 spiro atoms. The lowest BCUT2D eigenvalue weighted by molar-refractivity contribution is 0.170. The highest BCUT2D eigenvalue weighted by Crippen LogP contribution is 2.39. The summed E-state index contributed by atoms with van der Waals surface area (Å²) in [6.45, 7) is 8.91. The fraction of sp³-hybridized carbons (Fsp3) is 0.833. The minimum absolute atomic E-state index is 0.275. The number of piperidine rings is 1. The Labute approximate surface area is 97.5 Å². The summed E-state index contributed by atoms with van der Waals surface area (Å²) in [4.78, 5) is 0. The van der Waals surface area contributed by atoms with E-state index in [1.54, 1.807) is 0 Å². The molecule has 1 fully saturated rings. The van der Waals surface area contributed by atoms with Gasteiger partial charge in [0, 0.05) is 6.54 Å². The maximum absolute atomic E-state index is 4.30. The van der Waals surface area contributed by atoms with Gasteiger partial charge in [0.2, 0.25) is 0 Å². The summed E-state index contributed by atoms with van der Waals surface area (Å²) in [5.74, 6) is 1.10. The van der Waals surface area contributed by atoms with E-state index in [1.807, 2.05) is 6.33 Å². The lowest BCUT2D eigenvalue weighted by Crippen LogP contribution is -2.41. The van der Waals surface area contributed by atoms with E-state index < -0.39 is 0 Å². The fourth-order valence-electron chi connectivity index (χ4n) is 2.55. The molecule has 1 saturated heterocycles. The van der Waals surface area contributed by atoms with Crippen molar-refractivity contribution < 1.29 is 0 Å². The number of aryl methyl sites for hydroxylation is 1. The molecule has 2 heterocycles. The lowest BCUT2D eigenvalue weighted by atomic mass is 9.77. The molecule has 0 aromatic carbocycles. The normalized spacial score (nSPS) is 24.6. The Morgan fingerprint density at radius 3 is 3.06 bits per heavy atom. The second-order valence-electron chi connectivity index (χ2n) is 5.36. The van der Waals surface area contributed by atoms with Crippen LogP contribution in [0.1, 0.15) is 51.9 Å². The Hall–Kier alpha value is -0.900. The van der Waals surface area contributed by atoms with E-state index in [4.69, 9.17) is 0 Å². The van der Waals surface area contributed by atoms with Gasteiger partial charge in [0.25, 0.3) is 0 Å². The number of nitrogens with one attached hydrogen (secondary N) is 1. The third-order valence-electron chi connectivity index (χ3n) is 3.50. The van der Waals surface area contributed by atoms with Gasteiger partial charge in [0.1, 0.15) is 6.33 Å². The van der Waals surface area contributed by atoms with Gasteiger partial charge in [-0.25, -0.2) is 0 Å². The van der Waals surface area contributed by atoms with Crippen LogP contribution in [0, 0.1) is 5.41 Å². The van der Waals surface area contributed by atoms with Crippen LogP contribution >= 0.6 is 0 Å². The molecule has 1 aliphatic heterocycles. The molecule has 1 aliphatic rings. The smallest absolute Gasteiger partial charge is 0.150 e. The molecule has 1 aromatic rings. The minimum atomic E-state index is 0.275. The predicted molar refractivity (Wildman–Crippen MR) is 64.1 cm³/mol. The Morgan fingerprint density at radius 1 is 1.56 bits per heavy atom. The van der Waals surface area contributed by atoms with Gasteiger partial charge in [-0.05, 0) is 31.2 Å². The molecule has 1 atom stereocenters. The maximum atomic E-state index is 4.30. The molecule has 16 heavy (non-hydrogen) atoms. The first-order valence-electron chi connectivity index (χ1n) is 6.26. The van der Waals surface area contributed by atoms with E-state index >= 15 is 0 Å². The molecule has 0 saturated carbocycles. The lowest BCUT2D eigenvalue weighted by Gasteiger charge is -2.38. The van der Waals surface area contributed by atoms with Gasteiger partial charge in [-0.1, -0.05) is 20.8 Å². The molecule has 0 bridgehead atoms. The third-order valence-corrected chi connectivity index (χ3v) is 3.50. The highest BCUT2D eigenvalue weighted by Gasteiger charge is 2.35. The summed E-state index contributed by atoms with van der Waals surface area (Å²) in [7, 11) is 0. The molecule has 4 nitrogen and oxygen atoms in total. The summed E-state index contributed by atoms with van der Waals surface area (Å²) in [6.07, 6.45) is 5.48. The van der Waals surface area contributed by atoms with Crippen molar-refractivity contribution in [3.8, 4) is 0 Å².